The number of ether oxygens (including phenoxy) is 1. The first-order valence-corrected chi connectivity index (χ1v) is 5.42. The Hall–Kier alpha value is -1.49. The monoisotopic (exact) mass is 197 g/mol. The van der Waals surface area contributed by atoms with E-state index in [-0.39, 0.29) is 5.41 Å². The number of nitriles is 1. The van der Waals surface area contributed by atoms with Gasteiger partial charge in [0.1, 0.15) is 5.75 Å². The van der Waals surface area contributed by atoms with Gasteiger partial charge < -0.3 is 4.74 Å². The Kier molecular flexibility index (Phi) is 1.05. The molecule has 1 aromatic rings. The highest BCUT2D eigenvalue weighted by molar-refractivity contribution is 5.61. The fourth-order valence-electron chi connectivity index (χ4n) is 3.93. The second-order valence-electron chi connectivity index (χ2n) is 4.91. The number of methoxy groups -OCH3 is 1. The van der Waals surface area contributed by atoms with Crippen LogP contribution in [0.15, 0.2) is 18.2 Å². The molecule has 0 bridgehead atoms. The van der Waals surface area contributed by atoms with Gasteiger partial charge in [-0.15, -0.1) is 0 Å². The number of benzene rings is 1. The van der Waals surface area contributed by atoms with Crippen molar-refractivity contribution >= 4 is 0 Å². The van der Waals surface area contributed by atoms with Crippen LogP contribution in [-0.4, -0.2) is 7.11 Å². The van der Waals surface area contributed by atoms with Crippen molar-refractivity contribution in [2.45, 2.75) is 18.3 Å². The van der Waals surface area contributed by atoms with E-state index in [1.165, 1.54) is 17.5 Å². The molecule has 0 amide bonds. The Bertz CT molecular complexity index is 516. The van der Waals surface area contributed by atoms with Crippen LogP contribution >= 0.6 is 0 Å². The average molecular weight is 197 g/mol. The second-order valence-corrected chi connectivity index (χ2v) is 4.91. The van der Waals surface area contributed by atoms with E-state index in [0.29, 0.717) is 17.8 Å². The first-order chi connectivity index (χ1) is 7.32. The van der Waals surface area contributed by atoms with Gasteiger partial charge >= 0.3 is 0 Å². The maximum atomic E-state index is 9.29. The molecule has 2 nitrogen and oxygen atoms in total. The third kappa shape index (κ3) is 0.587. The highest BCUT2D eigenvalue weighted by Crippen LogP contribution is 2.87. The molecule has 0 radical (unpaired) electrons. The Morgan fingerprint density at radius 3 is 3.07 bits per heavy atom. The summed E-state index contributed by atoms with van der Waals surface area (Å²) in [5, 5.41) is 9.29. The summed E-state index contributed by atoms with van der Waals surface area (Å²) in [6.07, 6.45) is 1.23. The number of nitrogens with zero attached hydrogens (tertiary/aromatic N) is 1. The average Bonchev–Trinajstić information content (AvgIpc) is 2.71. The summed E-state index contributed by atoms with van der Waals surface area (Å²) in [4.78, 5) is 0. The molecule has 74 valence electrons. The van der Waals surface area contributed by atoms with Crippen LogP contribution in [0.3, 0.4) is 0 Å². The largest absolute Gasteiger partial charge is 0.497 e. The van der Waals surface area contributed by atoms with Crippen molar-refractivity contribution < 1.29 is 4.74 Å². The molecule has 0 aromatic heterocycles. The standard InChI is InChI=1S/C13H11NO/c1-15-7-2-3-8-9(4-7)12-11-5-10(8)13(11,12)6-14/h2-4,10-12H,5H2,1H3/t10-,11-,12-,13+/m1/s1. The zero-order chi connectivity index (χ0) is 10.2. The van der Waals surface area contributed by atoms with Crippen LogP contribution in [0.5, 0.6) is 5.75 Å². The topological polar surface area (TPSA) is 33.0 Å². The zero-order valence-electron chi connectivity index (χ0n) is 8.53. The third-order valence-electron chi connectivity index (χ3n) is 4.69. The molecule has 0 N–H and O–H groups in total. The van der Waals surface area contributed by atoms with Crippen LogP contribution in [-0.2, 0) is 0 Å². The summed E-state index contributed by atoms with van der Waals surface area (Å²) in [7, 11) is 1.70. The SMILES string of the molecule is COc1ccc2c(c1)[C@@H]1[C@H]3C[C@H]2[C@@]31C#N. The van der Waals surface area contributed by atoms with Crippen LogP contribution in [0, 0.1) is 22.7 Å². The van der Waals surface area contributed by atoms with Gasteiger partial charge in [0.25, 0.3) is 0 Å². The van der Waals surface area contributed by atoms with E-state index in [1.807, 2.05) is 6.07 Å². The van der Waals surface area contributed by atoms with Crippen molar-refractivity contribution in [2.24, 2.45) is 11.3 Å². The third-order valence-corrected chi connectivity index (χ3v) is 4.69. The van der Waals surface area contributed by atoms with Crippen LogP contribution < -0.4 is 4.74 Å². The minimum Gasteiger partial charge on any atom is -0.497 e. The fourth-order valence-corrected chi connectivity index (χ4v) is 3.93. The Balaban J connectivity index is 1.90. The van der Waals surface area contributed by atoms with Crippen LogP contribution in [0.2, 0.25) is 0 Å². The number of fused-ring (bicyclic) bond motifs is 4. The van der Waals surface area contributed by atoms with Crippen molar-refractivity contribution in [3.05, 3.63) is 29.3 Å². The van der Waals surface area contributed by atoms with E-state index in [4.69, 9.17) is 4.74 Å². The summed E-state index contributed by atoms with van der Waals surface area (Å²) in [5.41, 5.74) is 2.80. The number of rotatable bonds is 1. The van der Waals surface area contributed by atoms with E-state index in [2.05, 4.69) is 18.2 Å². The highest BCUT2D eigenvalue weighted by Gasteiger charge is 2.81. The van der Waals surface area contributed by atoms with Crippen LogP contribution in [0.25, 0.3) is 0 Å². The summed E-state index contributed by atoms with van der Waals surface area (Å²) >= 11 is 0. The molecule has 2 heteroatoms. The highest BCUT2D eigenvalue weighted by atomic mass is 16.5. The second kappa shape index (κ2) is 2.04. The zero-order valence-corrected chi connectivity index (χ0v) is 8.53. The molecule has 2 fully saturated rings. The van der Waals surface area contributed by atoms with Crippen molar-refractivity contribution in [3.8, 4) is 11.8 Å². The molecule has 1 aromatic carbocycles. The first-order valence-electron chi connectivity index (χ1n) is 5.42. The molecule has 0 aliphatic heterocycles. The molecule has 3 aliphatic rings. The molecule has 15 heavy (non-hydrogen) atoms. The molecular formula is C13H11NO. The minimum absolute atomic E-state index is 0.00863. The van der Waals surface area contributed by atoms with E-state index >= 15 is 0 Å². The summed E-state index contributed by atoms with van der Waals surface area (Å²) in [6, 6.07) is 8.86. The lowest BCUT2D eigenvalue weighted by Gasteiger charge is -2.31. The van der Waals surface area contributed by atoms with E-state index < -0.39 is 0 Å². The molecule has 4 atom stereocenters. The molecule has 0 unspecified atom stereocenters. The normalized spacial score (nSPS) is 42.3. The van der Waals surface area contributed by atoms with Crippen LogP contribution in [0.1, 0.15) is 29.4 Å². The Morgan fingerprint density at radius 2 is 2.33 bits per heavy atom. The van der Waals surface area contributed by atoms with E-state index in [1.54, 1.807) is 7.11 Å². The molecule has 0 heterocycles. The van der Waals surface area contributed by atoms with Gasteiger partial charge in [0.15, 0.2) is 0 Å². The van der Waals surface area contributed by atoms with Gasteiger partial charge in [-0.3, -0.25) is 0 Å². The Labute approximate surface area is 88.5 Å². The molecule has 3 aliphatic carbocycles. The van der Waals surface area contributed by atoms with Gasteiger partial charge in [0.2, 0.25) is 0 Å². The minimum atomic E-state index is 0.00863. The molecule has 4 rings (SSSR count). The van der Waals surface area contributed by atoms with Crippen LogP contribution in [0.4, 0.5) is 0 Å². The predicted molar refractivity (Wildman–Crippen MR) is 54.6 cm³/mol. The van der Waals surface area contributed by atoms with Gasteiger partial charge in [-0.1, -0.05) is 6.07 Å². The van der Waals surface area contributed by atoms with Crippen molar-refractivity contribution in [3.63, 3.8) is 0 Å². The molecule has 0 spiro atoms. The smallest absolute Gasteiger partial charge is 0.119 e. The van der Waals surface area contributed by atoms with Gasteiger partial charge in [0.05, 0.1) is 18.6 Å². The van der Waals surface area contributed by atoms with Crippen molar-refractivity contribution in [1.29, 1.82) is 5.26 Å². The summed E-state index contributed by atoms with van der Waals surface area (Å²) in [5.74, 6) is 2.64. The predicted octanol–water partition coefficient (Wildman–Crippen LogP) is 2.42. The van der Waals surface area contributed by atoms with Gasteiger partial charge in [-0.25, -0.2) is 0 Å². The lowest BCUT2D eigenvalue weighted by Crippen LogP contribution is -2.24. The molecule has 0 saturated heterocycles. The summed E-state index contributed by atoms with van der Waals surface area (Å²) in [6.45, 7) is 0. The number of hydrogen-bond donors (Lipinski definition) is 0. The fraction of sp³-hybridized carbons (Fsp3) is 0.462. The van der Waals surface area contributed by atoms with Crippen molar-refractivity contribution in [1.82, 2.24) is 0 Å². The summed E-state index contributed by atoms with van der Waals surface area (Å²) < 4.78 is 5.24. The maximum Gasteiger partial charge on any atom is 0.119 e. The Morgan fingerprint density at radius 1 is 1.47 bits per heavy atom. The van der Waals surface area contributed by atoms with Gasteiger partial charge in [0, 0.05) is 11.8 Å². The van der Waals surface area contributed by atoms with E-state index in [0.717, 1.165) is 5.75 Å². The van der Waals surface area contributed by atoms with Gasteiger partial charge in [-0.2, -0.15) is 5.26 Å². The quantitative estimate of drug-likeness (QED) is 0.692. The first kappa shape index (κ1) is 7.76. The van der Waals surface area contributed by atoms with Crippen molar-refractivity contribution in [2.75, 3.05) is 7.11 Å². The van der Waals surface area contributed by atoms with Gasteiger partial charge in [-0.05, 0) is 35.6 Å². The number of hydrogen-bond acceptors (Lipinski definition) is 2. The van der Waals surface area contributed by atoms with E-state index in [9.17, 15) is 5.26 Å². The lowest BCUT2D eigenvalue weighted by molar-refractivity contribution is 0.311. The molecule has 2 saturated carbocycles. The maximum absolute atomic E-state index is 9.29. The lowest BCUT2D eigenvalue weighted by atomic mass is 9.71. The molecular weight excluding hydrogens is 186 g/mol.